The van der Waals surface area contributed by atoms with Gasteiger partial charge in [-0.2, -0.15) is 5.10 Å². The van der Waals surface area contributed by atoms with Crippen molar-refractivity contribution in [3.8, 4) is 17.2 Å². The molecule has 1 amide bonds. The third-order valence-electron chi connectivity index (χ3n) is 3.70. The summed E-state index contributed by atoms with van der Waals surface area (Å²) in [4.78, 5) is 12.3. The van der Waals surface area contributed by atoms with E-state index in [1.165, 1.54) is 0 Å². The molecule has 2 aromatic carbocycles. The Morgan fingerprint density at radius 1 is 1.08 bits per heavy atom. The third kappa shape index (κ3) is 3.98. The van der Waals surface area contributed by atoms with Crippen molar-refractivity contribution in [1.29, 1.82) is 0 Å². The molecule has 6 nitrogen and oxygen atoms in total. The van der Waals surface area contributed by atoms with Crippen molar-refractivity contribution in [3.05, 3.63) is 66.5 Å². The first-order valence-electron chi connectivity index (χ1n) is 7.80. The predicted molar refractivity (Wildman–Crippen MR) is 95.4 cm³/mol. The monoisotopic (exact) mass is 337 g/mol. The molecule has 0 aliphatic rings. The number of para-hydroxylation sites is 1. The van der Waals surface area contributed by atoms with Gasteiger partial charge >= 0.3 is 0 Å². The molecule has 0 unspecified atom stereocenters. The summed E-state index contributed by atoms with van der Waals surface area (Å²) in [5.74, 6) is 1.11. The Morgan fingerprint density at radius 3 is 2.56 bits per heavy atom. The number of hydrogen-bond acceptors (Lipinski definition) is 4. The van der Waals surface area contributed by atoms with Crippen molar-refractivity contribution in [1.82, 2.24) is 9.78 Å². The van der Waals surface area contributed by atoms with Crippen LogP contribution in [0.4, 0.5) is 5.69 Å². The molecule has 0 spiro atoms. The molecule has 0 saturated heterocycles. The number of anilines is 1. The molecule has 0 aliphatic carbocycles. The van der Waals surface area contributed by atoms with Crippen LogP contribution in [0.5, 0.6) is 11.5 Å². The van der Waals surface area contributed by atoms with Crippen molar-refractivity contribution in [3.63, 3.8) is 0 Å². The van der Waals surface area contributed by atoms with Gasteiger partial charge in [0.1, 0.15) is 0 Å². The van der Waals surface area contributed by atoms with E-state index >= 15 is 0 Å². The standard InChI is InChI=1S/C19H19N3O3/c1-24-17-9-8-14(10-18(17)25-2)11-19(23)21-15-12-20-22(13-15)16-6-4-3-5-7-16/h3-10,12-13H,11H2,1-2H3,(H,21,23). The number of hydrogen-bond donors (Lipinski definition) is 1. The number of nitrogens with zero attached hydrogens (tertiary/aromatic N) is 2. The van der Waals surface area contributed by atoms with Crippen molar-refractivity contribution >= 4 is 11.6 Å². The average molecular weight is 337 g/mol. The van der Waals surface area contributed by atoms with Gasteiger partial charge in [0.2, 0.25) is 5.91 Å². The highest BCUT2D eigenvalue weighted by atomic mass is 16.5. The second-order valence-electron chi connectivity index (χ2n) is 5.42. The SMILES string of the molecule is COc1ccc(CC(=O)Nc2cnn(-c3ccccc3)c2)cc1OC. The summed E-state index contributed by atoms with van der Waals surface area (Å²) in [6.07, 6.45) is 3.64. The maximum atomic E-state index is 12.3. The van der Waals surface area contributed by atoms with E-state index in [1.807, 2.05) is 36.4 Å². The number of rotatable bonds is 6. The van der Waals surface area contributed by atoms with Gasteiger partial charge in [0, 0.05) is 0 Å². The van der Waals surface area contributed by atoms with Gasteiger partial charge in [-0.3, -0.25) is 4.79 Å². The molecule has 0 fully saturated rings. The molecule has 128 valence electrons. The second kappa shape index (κ2) is 7.53. The number of methoxy groups -OCH3 is 2. The molecule has 0 saturated carbocycles. The maximum absolute atomic E-state index is 12.3. The molecule has 0 atom stereocenters. The zero-order chi connectivity index (χ0) is 17.6. The quantitative estimate of drug-likeness (QED) is 0.751. The van der Waals surface area contributed by atoms with Crippen molar-refractivity contribution < 1.29 is 14.3 Å². The second-order valence-corrected chi connectivity index (χ2v) is 5.42. The van der Waals surface area contributed by atoms with Crippen LogP contribution in [0.1, 0.15) is 5.56 Å². The highest BCUT2D eigenvalue weighted by molar-refractivity contribution is 5.92. The number of nitrogens with one attached hydrogen (secondary N) is 1. The minimum Gasteiger partial charge on any atom is -0.493 e. The van der Waals surface area contributed by atoms with E-state index in [4.69, 9.17) is 9.47 Å². The minimum atomic E-state index is -0.125. The molecule has 6 heteroatoms. The lowest BCUT2D eigenvalue weighted by molar-refractivity contribution is -0.115. The van der Waals surface area contributed by atoms with Crippen LogP contribution in [-0.2, 0) is 11.2 Å². The Balaban J connectivity index is 1.66. The van der Waals surface area contributed by atoms with Crippen LogP contribution in [0.3, 0.4) is 0 Å². The number of aromatic nitrogens is 2. The topological polar surface area (TPSA) is 65.4 Å². The fraction of sp³-hybridized carbons (Fsp3) is 0.158. The Bertz CT molecular complexity index is 859. The molecule has 0 aliphatic heterocycles. The normalized spacial score (nSPS) is 10.3. The molecule has 3 aromatic rings. The summed E-state index contributed by atoms with van der Waals surface area (Å²) >= 11 is 0. The zero-order valence-corrected chi connectivity index (χ0v) is 14.1. The van der Waals surface area contributed by atoms with E-state index < -0.39 is 0 Å². The summed E-state index contributed by atoms with van der Waals surface area (Å²) in [7, 11) is 3.15. The molecule has 1 heterocycles. The molecule has 1 aromatic heterocycles. The molecular weight excluding hydrogens is 318 g/mol. The van der Waals surface area contributed by atoms with Crippen LogP contribution in [0.15, 0.2) is 60.9 Å². The van der Waals surface area contributed by atoms with Gasteiger partial charge in [-0.1, -0.05) is 24.3 Å². The lowest BCUT2D eigenvalue weighted by Crippen LogP contribution is -2.14. The highest BCUT2D eigenvalue weighted by Crippen LogP contribution is 2.27. The molecule has 3 rings (SSSR count). The summed E-state index contributed by atoms with van der Waals surface area (Å²) in [6, 6.07) is 15.1. The predicted octanol–water partition coefficient (Wildman–Crippen LogP) is 3.07. The van der Waals surface area contributed by atoms with Crippen LogP contribution in [0.25, 0.3) is 5.69 Å². The van der Waals surface area contributed by atoms with Gasteiger partial charge in [0.15, 0.2) is 11.5 Å². The largest absolute Gasteiger partial charge is 0.493 e. The Hall–Kier alpha value is -3.28. The lowest BCUT2D eigenvalue weighted by atomic mass is 10.1. The van der Waals surface area contributed by atoms with E-state index in [0.29, 0.717) is 17.2 Å². The fourth-order valence-corrected chi connectivity index (χ4v) is 2.49. The van der Waals surface area contributed by atoms with Crippen molar-refractivity contribution in [2.75, 3.05) is 19.5 Å². The molecule has 25 heavy (non-hydrogen) atoms. The minimum absolute atomic E-state index is 0.125. The summed E-state index contributed by atoms with van der Waals surface area (Å²) in [5, 5.41) is 7.11. The van der Waals surface area contributed by atoms with E-state index in [-0.39, 0.29) is 12.3 Å². The first kappa shape index (κ1) is 16.6. The van der Waals surface area contributed by atoms with Crippen LogP contribution in [0.2, 0.25) is 0 Å². The van der Waals surface area contributed by atoms with Crippen LogP contribution in [-0.4, -0.2) is 29.9 Å². The summed E-state index contributed by atoms with van der Waals surface area (Å²) in [6.45, 7) is 0. The lowest BCUT2D eigenvalue weighted by Gasteiger charge is -2.09. The molecule has 0 bridgehead atoms. The molecule has 1 N–H and O–H groups in total. The average Bonchev–Trinajstić information content (AvgIpc) is 3.10. The zero-order valence-electron chi connectivity index (χ0n) is 14.1. The van der Waals surface area contributed by atoms with E-state index in [9.17, 15) is 4.79 Å². The van der Waals surface area contributed by atoms with E-state index in [1.54, 1.807) is 43.4 Å². The van der Waals surface area contributed by atoms with Gasteiger partial charge in [0.25, 0.3) is 0 Å². The number of carbonyl (C=O) groups is 1. The third-order valence-corrected chi connectivity index (χ3v) is 3.70. The number of carbonyl (C=O) groups excluding carboxylic acids is 1. The Kier molecular flexibility index (Phi) is 4.99. The summed E-state index contributed by atoms with van der Waals surface area (Å²) in [5.41, 5.74) is 2.42. The van der Waals surface area contributed by atoms with Crippen LogP contribution >= 0.6 is 0 Å². The summed E-state index contributed by atoms with van der Waals surface area (Å²) < 4.78 is 12.2. The van der Waals surface area contributed by atoms with Gasteiger partial charge in [-0.25, -0.2) is 4.68 Å². The fourth-order valence-electron chi connectivity index (χ4n) is 2.49. The van der Waals surface area contributed by atoms with Crippen LogP contribution < -0.4 is 14.8 Å². The first-order valence-corrected chi connectivity index (χ1v) is 7.80. The van der Waals surface area contributed by atoms with Gasteiger partial charge in [-0.05, 0) is 29.8 Å². The number of amides is 1. The van der Waals surface area contributed by atoms with Gasteiger partial charge in [-0.15, -0.1) is 0 Å². The Morgan fingerprint density at radius 2 is 1.84 bits per heavy atom. The number of ether oxygens (including phenoxy) is 2. The maximum Gasteiger partial charge on any atom is 0.228 e. The van der Waals surface area contributed by atoms with Crippen LogP contribution in [0, 0.1) is 0 Å². The first-order chi connectivity index (χ1) is 12.2. The van der Waals surface area contributed by atoms with E-state index in [2.05, 4.69) is 10.4 Å². The number of benzene rings is 2. The van der Waals surface area contributed by atoms with Crippen molar-refractivity contribution in [2.24, 2.45) is 0 Å². The Labute approximate surface area is 146 Å². The molecule has 0 radical (unpaired) electrons. The van der Waals surface area contributed by atoms with Gasteiger partial charge in [0.05, 0.1) is 44.4 Å². The highest BCUT2D eigenvalue weighted by Gasteiger charge is 2.10. The molecular formula is C19H19N3O3. The van der Waals surface area contributed by atoms with Gasteiger partial charge < -0.3 is 14.8 Å². The van der Waals surface area contributed by atoms with E-state index in [0.717, 1.165) is 11.3 Å². The van der Waals surface area contributed by atoms with Crippen molar-refractivity contribution in [2.45, 2.75) is 6.42 Å². The smallest absolute Gasteiger partial charge is 0.228 e.